The number of hydrogen-bond donors (Lipinski definition) is 8. The van der Waals surface area contributed by atoms with Crippen molar-refractivity contribution in [1.29, 1.82) is 0 Å². The molecule has 0 radical (unpaired) electrons. The molecule has 43 heavy (non-hydrogen) atoms. The minimum atomic E-state index is -1.74. The Morgan fingerprint density at radius 1 is 0.488 bits per heavy atom. The van der Waals surface area contributed by atoms with E-state index in [4.69, 9.17) is 30.6 Å². The van der Waals surface area contributed by atoms with E-state index in [-0.39, 0.29) is 36.0 Å². The predicted octanol–water partition coefficient (Wildman–Crippen LogP) is 1.88. The second kappa shape index (κ2) is 17.3. The molecule has 0 saturated carbocycles. The molecule has 0 aliphatic rings. The Hall–Kier alpha value is -5.60. The summed E-state index contributed by atoms with van der Waals surface area (Å²) >= 11 is 0. The van der Waals surface area contributed by atoms with E-state index in [0.29, 0.717) is 16.7 Å². The molecule has 228 valence electrons. The highest BCUT2D eigenvalue weighted by Crippen LogP contribution is 2.19. The van der Waals surface area contributed by atoms with Crippen molar-refractivity contribution < 1.29 is 69.6 Å². The van der Waals surface area contributed by atoms with Gasteiger partial charge in [0, 0.05) is 0 Å². The van der Waals surface area contributed by atoms with Crippen molar-refractivity contribution in [3.63, 3.8) is 0 Å². The third-order valence-corrected chi connectivity index (χ3v) is 5.30. The fourth-order valence-electron chi connectivity index (χ4n) is 3.25. The zero-order valence-corrected chi connectivity index (χ0v) is 22.2. The molecule has 0 fully saturated rings. The van der Waals surface area contributed by atoms with Crippen LogP contribution in [0.2, 0.25) is 0 Å². The highest BCUT2D eigenvalue weighted by atomic mass is 16.4. The van der Waals surface area contributed by atoms with Crippen molar-refractivity contribution >= 4 is 35.8 Å². The Balaban J connectivity index is 0.000000324. The van der Waals surface area contributed by atoms with Gasteiger partial charge in [-0.15, -0.1) is 0 Å². The van der Waals surface area contributed by atoms with Crippen LogP contribution in [-0.2, 0) is 43.2 Å². The molecule has 0 saturated heterocycles. The number of benzene rings is 3. The van der Waals surface area contributed by atoms with Crippen LogP contribution in [0.5, 0.6) is 0 Å². The number of hydrogen-bond acceptors (Lipinski definition) is 8. The maximum atomic E-state index is 10.5. The molecule has 3 aromatic rings. The Morgan fingerprint density at radius 3 is 1.05 bits per heavy atom. The molecule has 0 amide bonds. The van der Waals surface area contributed by atoms with E-state index >= 15 is 0 Å². The smallest absolute Gasteiger partial charge is 0.337 e. The molecule has 0 spiro atoms. The summed E-state index contributed by atoms with van der Waals surface area (Å²) in [5.74, 6) is -6.61. The Morgan fingerprint density at radius 2 is 0.791 bits per heavy atom. The van der Waals surface area contributed by atoms with E-state index in [0.717, 1.165) is 6.07 Å². The summed E-state index contributed by atoms with van der Waals surface area (Å²) in [7, 11) is 0. The summed E-state index contributed by atoms with van der Waals surface area (Å²) in [6.45, 7) is 0. The van der Waals surface area contributed by atoms with Gasteiger partial charge in [0.05, 0.1) is 24.8 Å². The monoisotopic (exact) mass is 600 g/mol. The molecular weight excluding hydrogens is 572 g/mol. The summed E-state index contributed by atoms with van der Waals surface area (Å²) in [4.78, 5) is 62.3. The van der Waals surface area contributed by atoms with Gasteiger partial charge in [0.15, 0.2) is 12.2 Å². The minimum Gasteiger partial charge on any atom is -0.481 e. The molecule has 2 unspecified atom stereocenters. The third kappa shape index (κ3) is 13.5. The molecule has 3 aromatic carbocycles. The number of aliphatic hydroxyl groups is 2. The topological polar surface area (TPSA) is 264 Å². The van der Waals surface area contributed by atoms with Crippen LogP contribution in [0.4, 0.5) is 0 Å². The van der Waals surface area contributed by atoms with Crippen molar-refractivity contribution in [3.05, 3.63) is 106 Å². The van der Waals surface area contributed by atoms with E-state index in [9.17, 15) is 39.0 Å². The van der Waals surface area contributed by atoms with Crippen LogP contribution in [0.15, 0.2) is 72.8 Å². The van der Waals surface area contributed by atoms with Crippen LogP contribution in [0.3, 0.4) is 0 Å². The molecule has 0 aromatic heterocycles. The molecule has 0 aliphatic heterocycles. The van der Waals surface area contributed by atoms with E-state index in [2.05, 4.69) is 0 Å². The lowest BCUT2D eigenvalue weighted by molar-refractivity contribution is -0.147. The lowest BCUT2D eigenvalue weighted by Crippen LogP contribution is -2.13. The maximum Gasteiger partial charge on any atom is 0.337 e. The van der Waals surface area contributed by atoms with Gasteiger partial charge in [-0.25, -0.2) is 14.4 Å². The molecule has 2 atom stereocenters. The number of carboxylic acids is 6. The molecule has 8 N–H and O–H groups in total. The molecule has 0 heterocycles. The third-order valence-electron chi connectivity index (χ3n) is 5.30. The van der Waals surface area contributed by atoms with E-state index < -0.39 is 48.0 Å². The largest absolute Gasteiger partial charge is 0.481 e. The van der Waals surface area contributed by atoms with E-state index in [1.165, 1.54) is 42.5 Å². The average molecular weight is 601 g/mol. The van der Waals surface area contributed by atoms with E-state index in [1.54, 1.807) is 24.3 Å². The van der Waals surface area contributed by atoms with Crippen LogP contribution < -0.4 is 0 Å². The van der Waals surface area contributed by atoms with Gasteiger partial charge in [0.1, 0.15) is 0 Å². The van der Waals surface area contributed by atoms with Crippen molar-refractivity contribution in [3.8, 4) is 0 Å². The van der Waals surface area contributed by atoms with Crippen molar-refractivity contribution in [2.45, 2.75) is 31.5 Å². The van der Waals surface area contributed by atoms with E-state index in [1.807, 2.05) is 0 Å². The number of carboxylic acid groups (broad SMARTS) is 6. The summed E-state index contributed by atoms with van der Waals surface area (Å²) in [6, 6.07) is 17.5. The molecule has 0 bridgehead atoms. The lowest BCUT2D eigenvalue weighted by atomic mass is 10.0. The molecule has 14 nitrogen and oxygen atoms in total. The first-order chi connectivity index (χ1) is 20.1. The van der Waals surface area contributed by atoms with Crippen LogP contribution in [-0.4, -0.2) is 76.7 Å². The van der Waals surface area contributed by atoms with Crippen LogP contribution in [0.25, 0.3) is 0 Å². The minimum absolute atomic E-state index is 0.0188. The highest BCUT2D eigenvalue weighted by Gasteiger charge is 2.20. The molecule has 3 rings (SSSR count). The fraction of sp³-hybridized carbons (Fsp3) is 0.172. The first-order valence-electron chi connectivity index (χ1n) is 12.1. The molecule has 0 aliphatic carbocycles. The summed E-state index contributed by atoms with van der Waals surface area (Å²) in [6.07, 6.45) is -3.62. The summed E-state index contributed by atoms with van der Waals surface area (Å²) in [5, 5.41) is 69.5. The number of aromatic carboxylic acids is 1. The summed E-state index contributed by atoms with van der Waals surface area (Å²) in [5.41, 5.74) is 2.14. The van der Waals surface area contributed by atoms with Gasteiger partial charge in [-0.3, -0.25) is 14.4 Å². The number of aliphatic carboxylic acids is 5. The fourth-order valence-corrected chi connectivity index (χ4v) is 3.25. The number of rotatable bonds is 11. The summed E-state index contributed by atoms with van der Waals surface area (Å²) < 4.78 is 0. The van der Waals surface area contributed by atoms with Gasteiger partial charge in [-0.1, -0.05) is 54.6 Å². The first kappa shape index (κ1) is 35.4. The van der Waals surface area contributed by atoms with Crippen LogP contribution >= 0.6 is 0 Å². The van der Waals surface area contributed by atoms with Crippen LogP contribution in [0.1, 0.15) is 50.4 Å². The quantitative estimate of drug-likeness (QED) is 0.156. The lowest BCUT2D eigenvalue weighted by Gasteiger charge is -2.10. The standard InChI is InChI=1S/C10H10O6.C10H10O4.C9H8O4/c11-7(9(13)14)5-2-1-3-6(4-5)8(12)10(15)16;11-9(12)5-7-1-2-8(4-3-7)6-10(13)14;10-8(11)5-6-1-3-7(4-2-6)9(12)13/h1-4,7-8,11-12H,(H,13,14)(H,15,16);1-4H,5-6H2,(H,11,12)(H,13,14);1-4H,5H2,(H,10,11)(H,12,13). The second-order valence-corrected chi connectivity index (χ2v) is 8.68. The van der Waals surface area contributed by atoms with Gasteiger partial charge >= 0.3 is 35.8 Å². The maximum absolute atomic E-state index is 10.5. The first-order valence-corrected chi connectivity index (χ1v) is 12.1. The van der Waals surface area contributed by atoms with Crippen molar-refractivity contribution in [2.75, 3.05) is 0 Å². The van der Waals surface area contributed by atoms with Crippen LogP contribution in [0, 0.1) is 0 Å². The van der Waals surface area contributed by atoms with Gasteiger partial charge in [0.25, 0.3) is 0 Å². The van der Waals surface area contributed by atoms with Crippen molar-refractivity contribution in [1.82, 2.24) is 0 Å². The second-order valence-electron chi connectivity index (χ2n) is 8.68. The van der Waals surface area contributed by atoms with Gasteiger partial charge in [0.2, 0.25) is 0 Å². The van der Waals surface area contributed by atoms with Gasteiger partial charge in [-0.2, -0.15) is 0 Å². The molecular formula is C29H28O14. The Labute approximate surface area is 243 Å². The number of aliphatic hydroxyl groups excluding tert-OH is 2. The zero-order chi connectivity index (χ0) is 32.7. The molecule has 14 heteroatoms. The van der Waals surface area contributed by atoms with Crippen molar-refractivity contribution in [2.24, 2.45) is 0 Å². The van der Waals surface area contributed by atoms with Gasteiger partial charge in [-0.05, 0) is 46.0 Å². The number of carbonyl (C=O) groups is 6. The van der Waals surface area contributed by atoms with Gasteiger partial charge < -0.3 is 40.9 Å². The average Bonchev–Trinajstić information content (AvgIpc) is 2.93. The normalized spacial score (nSPS) is 11.3. The SMILES string of the molecule is O=C(O)C(O)c1cccc(C(O)C(=O)O)c1.O=C(O)Cc1ccc(C(=O)O)cc1.O=C(O)Cc1ccc(CC(=O)O)cc1. The Bertz CT molecular complexity index is 1360. The zero-order valence-electron chi connectivity index (χ0n) is 22.2. The highest BCUT2D eigenvalue weighted by molar-refractivity contribution is 5.87. The Kier molecular flexibility index (Phi) is 14.2. The predicted molar refractivity (Wildman–Crippen MR) is 145 cm³/mol.